The van der Waals surface area contributed by atoms with Crippen molar-refractivity contribution in [3.8, 4) is 0 Å². The molecule has 2 atom stereocenters. The number of nitrogens with one attached hydrogen (secondary N) is 1. The summed E-state index contributed by atoms with van der Waals surface area (Å²) in [6.45, 7) is -0.409. The molecule has 0 radical (unpaired) electrons. The van der Waals surface area contributed by atoms with Crippen molar-refractivity contribution in [1.29, 1.82) is 0 Å². The third kappa shape index (κ3) is 2.96. The van der Waals surface area contributed by atoms with Gasteiger partial charge in [-0.15, -0.1) is 0 Å². The first-order chi connectivity index (χ1) is 16.8. The Hall–Kier alpha value is -3.78. The summed E-state index contributed by atoms with van der Waals surface area (Å²) in [5.41, 5.74) is 4.49. The number of carboxylic acid groups (broad SMARTS) is 1. The van der Waals surface area contributed by atoms with Gasteiger partial charge in [0.2, 0.25) is 17.7 Å². The molecule has 1 saturated heterocycles. The van der Waals surface area contributed by atoms with E-state index in [1.54, 1.807) is 0 Å². The molecular weight excluding hydrogens is 512 g/mol. The van der Waals surface area contributed by atoms with E-state index in [0.29, 0.717) is 5.69 Å². The highest BCUT2D eigenvalue weighted by Gasteiger charge is 2.67. The zero-order valence-electron chi connectivity index (χ0n) is 18.3. The number of carboxylic acids is 1. The summed E-state index contributed by atoms with van der Waals surface area (Å²) in [4.78, 5) is 52.2. The zero-order chi connectivity index (χ0) is 24.5. The minimum absolute atomic E-state index is 0.0919. The second kappa shape index (κ2) is 7.61. The van der Waals surface area contributed by atoms with Gasteiger partial charge in [0, 0.05) is 11.6 Å². The average Bonchev–Trinajstić information content (AvgIpc) is 3.11. The Labute approximate surface area is 208 Å². The van der Waals surface area contributed by atoms with E-state index in [2.05, 4.69) is 21.2 Å². The number of hydrogen-bond acceptors (Lipinski definition) is 4. The van der Waals surface area contributed by atoms with Crippen LogP contribution in [0, 0.1) is 11.8 Å². The lowest BCUT2D eigenvalue weighted by molar-refractivity contribution is -0.142. The number of aromatic carboxylic acids is 1. The van der Waals surface area contributed by atoms with Gasteiger partial charge in [-0.25, -0.2) is 4.79 Å². The number of carbonyl (C=O) groups is 4. The second-order valence-electron chi connectivity index (χ2n) is 9.06. The number of likely N-dealkylation sites (tertiary alicyclic amines) is 1. The molecule has 1 fully saturated rings. The van der Waals surface area contributed by atoms with Crippen molar-refractivity contribution in [3.63, 3.8) is 0 Å². The van der Waals surface area contributed by atoms with Crippen molar-refractivity contribution < 1.29 is 24.3 Å². The largest absolute Gasteiger partial charge is 0.478 e. The van der Waals surface area contributed by atoms with Gasteiger partial charge in [-0.2, -0.15) is 0 Å². The molecular formula is C27H19BrN2O5. The highest BCUT2D eigenvalue weighted by Crippen LogP contribution is 2.66. The van der Waals surface area contributed by atoms with Gasteiger partial charge >= 0.3 is 5.97 Å². The standard InChI is InChI=1S/C27H19BrN2O5/c28-27-18-7-3-1-5-16(18)21(17-6-2-4-8-19(17)27)22-23(27)25(33)30(24(22)32)13-20(31)29-15-11-9-14(10-12-15)26(34)35/h1-12,21-23H,13H2,(H,29,31)(H,34,35)/t21?,22-,23+,27?/m0/s1. The quantitative estimate of drug-likeness (QED) is 0.395. The second-order valence-corrected chi connectivity index (χ2v) is 10.3. The van der Waals surface area contributed by atoms with Crippen molar-refractivity contribution in [2.45, 2.75) is 10.2 Å². The van der Waals surface area contributed by atoms with E-state index >= 15 is 0 Å². The molecule has 7 rings (SSSR count). The lowest BCUT2D eigenvalue weighted by atomic mass is 9.55. The third-order valence-corrected chi connectivity index (χ3v) is 8.67. The fraction of sp³-hybridized carbons (Fsp3) is 0.185. The Balaban J connectivity index is 1.33. The topological polar surface area (TPSA) is 104 Å². The van der Waals surface area contributed by atoms with Gasteiger partial charge in [-0.05, 0) is 46.5 Å². The number of halogens is 1. The average molecular weight is 531 g/mol. The van der Waals surface area contributed by atoms with Crippen molar-refractivity contribution >= 4 is 45.3 Å². The molecule has 0 aromatic heterocycles. The Morgan fingerprint density at radius 3 is 2.03 bits per heavy atom. The van der Waals surface area contributed by atoms with E-state index < -0.39 is 34.6 Å². The van der Waals surface area contributed by atoms with Crippen LogP contribution >= 0.6 is 15.9 Å². The van der Waals surface area contributed by atoms with Gasteiger partial charge < -0.3 is 10.4 Å². The minimum Gasteiger partial charge on any atom is -0.478 e. The number of imide groups is 1. The van der Waals surface area contributed by atoms with E-state index in [1.807, 2.05) is 48.5 Å². The number of alkyl halides is 1. The summed E-state index contributed by atoms with van der Waals surface area (Å²) < 4.78 is -0.857. The monoisotopic (exact) mass is 530 g/mol. The fourth-order valence-electron chi connectivity index (χ4n) is 5.93. The molecule has 4 aliphatic rings. The molecule has 35 heavy (non-hydrogen) atoms. The van der Waals surface area contributed by atoms with E-state index in [9.17, 15) is 19.2 Å². The number of nitrogens with zero attached hydrogens (tertiary/aromatic N) is 1. The SMILES string of the molecule is O=C(CN1C(=O)[C@H]2C3c4ccccc4C(Br)(c4ccccc43)[C@H]2C1=O)Nc1ccc(C(=O)O)cc1. The summed E-state index contributed by atoms with van der Waals surface area (Å²) in [5.74, 6) is -3.85. The molecule has 2 N–H and O–H groups in total. The van der Waals surface area contributed by atoms with Gasteiger partial charge in [0.25, 0.3) is 0 Å². The number of carbonyl (C=O) groups excluding carboxylic acids is 3. The number of amides is 3. The molecule has 3 amide bonds. The van der Waals surface area contributed by atoms with Gasteiger partial charge in [-0.1, -0.05) is 64.5 Å². The molecule has 0 unspecified atom stereocenters. The summed E-state index contributed by atoms with van der Waals surface area (Å²) in [5, 5.41) is 11.7. The molecule has 8 heteroatoms. The number of rotatable bonds is 4. The number of benzene rings is 3. The first-order valence-corrected chi connectivity index (χ1v) is 12.0. The van der Waals surface area contributed by atoms with Crippen LogP contribution in [0.15, 0.2) is 72.8 Å². The predicted octanol–water partition coefficient (Wildman–Crippen LogP) is 3.72. The van der Waals surface area contributed by atoms with E-state index in [-0.39, 0.29) is 23.3 Å². The van der Waals surface area contributed by atoms with Crippen LogP contribution in [0.25, 0.3) is 0 Å². The molecule has 3 aromatic rings. The maximum Gasteiger partial charge on any atom is 0.335 e. The maximum absolute atomic E-state index is 13.7. The van der Waals surface area contributed by atoms with Gasteiger partial charge in [0.15, 0.2) is 0 Å². The van der Waals surface area contributed by atoms with Crippen molar-refractivity contribution in [1.82, 2.24) is 4.90 Å². The summed E-state index contributed by atoms with van der Waals surface area (Å²) in [6, 6.07) is 21.4. The molecule has 3 aromatic carbocycles. The summed E-state index contributed by atoms with van der Waals surface area (Å²) >= 11 is 3.92. The molecule has 7 nitrogen and oxygen atoms in total. The van der Waals surface area contributed by atoms with E-state index in [4.69, 9.17) is 5.11 Å². The van der Waals surface area contributed by atoms with Crippen molar-refractivity contribution in [2.75, 3.05) is 11.9 Å². The summed E-state index contributed by atoms with van der Waals surface area (Å²) in [7, 11) is 0. The first-order valence-electron chi connectivity index (χ1n) is 11.2. The number of hydrogen-bond donors (Lipinski definition) is 2. The molecule has 0 spiro atoms. The predicted molar refractivity (Wildman–Crippen MR) is 130 cm³/mol. The van der Waals surface area contributed by atoms with Crippen LogP contribution in [0.2, 0.25) is 0 Å². The molecule has 2 bridgehead atoms. The highest BCUT2D eigenvalue weighted by atomic mass is 79.9. The van der Waals surface area contributed by atoms with Gasteiger partial charge in [-0.3, -0.25) is 19.3 Å². The van der Waals surface area contributed by atoms with E-state index in [0.717, 1.165) is 27.2 Å². The fourth-order valence-corrected chi connectivity index (χ4v) is 7.14. The van der Waals surface area contributed by atoms with Gasteiger partial charge in [0.1, 0.15) is 6.54 Å². The Morgan fingerprint density at radius 2 is 1.46 bits per heavy atom. The molecule has 1 heterocycles. The van der Waals surface area contributed by atoms with Crippen molar-refractivity contribution in [2.24, 2.45) is 11.8 Å². The lowest BCUT2D eigenvalue weighted by Crippen LogP contribution is -2.50. The first kappa shape index (κ1) is 21.7. The van der Waals surface area contributed by atoms with Crippen LogP contribution in [0.1, 0.15) is 38.5 Å². The number of anilines is 1. The van der Waals surface area contributed by atoms with Gasteiger partial charge in [0.05, 0.1) is 21.7 Å². The van der Waals surface area contributed by atoms with Crippen molar-refractivity contribution in [3.05, 3.63) is 101 Å². The lowest BCUT2D eigenvalue weighted by Gasteiger charge is -2.51. The van der Waals surface area contributed by atoms with Crippen LogP contribution in [0.5, 0.6) is 0 Å². The normalized spacial score (nSPS) is 25.6. The smallest absolute Gasteiger partial charge is 0.335 e. The minimum atomic E-state index is -1.07. The molecule has 1 aliphatic heterocycles. The Bertz CT molecular complexity index is 1390. The Morgan fingerprint density at radius 1 is 0.886 bits per heavy atom. The molecule has 0 saturated carbocycles. The van der Waals surface area contributed by atoms with Crippen LogP contribution in [-0.4, -0.2) is 40.2 Å². The zero-order valence-corrected chi connectivity index (χ0v) is 19.9. The Kier molecular flexibility index (Phi) is 4.73. The summed E-state index contributed by atoms with van der Waals surface area (Å²) in [6.07, 6.45) is 0. The highest BCUT2D eigenvalue weighted by molar-refractivity contribution is 9.09. The van der Waals surface area contributed by atoms with Crippen LogP contribution in [0.4, 0.5) is 5.69 Å². The van der Waals surface area contributed by atoms with Crippen LogP contribution < -0.4 is 5.32 Å². The molecule has 174 valence electrons. The maximum atomic E-state index is 13.7. The molecule has 3 aliphatic carbocycles. The van der Waals surface area contributed by atoms with E-state index in [1.165, 1.54) is 24.3 Å². The van der Waals surface area contributed by atoms with Crippen LogP contribution in [-0.2, 0) is 18.7 Å². The van der Waals surface area contributed by atoms with Crippen LogP contribution in [0.3, 0.4) is 0 Å². The third-order valence-electron chi connectivity index (χ3n) is 7.32.